The summed E-state index contributed by atoms with van der Waals surface area (Å²) >= 11 is 0. The number of hydrogen-bond donors (Lipinski definition) is 2. The topological polar surface area (TPSA) is 113 Å². The Labute approximate surface area is 179 Å². The number of carboxylic acid groups (broad SMARTS) is 1. The number of carbonyl (C=O) groups is 2. The molecule has 1 saturated heterocycles. The lowest BCUT2D eigenvalue weighted by molar-refractivity contribution is -0.142. The summed E-state index contributed by atoms with van der Waals surface area (Å²) in [6.45, 7) is 3.65. The number of carboxylic acids is 1. The maximum absolute atomic E-state index is 12.2. The monoisotopic (exact) mass is 462 g/mol. The summed E-state index contributed by atoms with van der Waals surface area (Å²) in [5.74, 6) is -1.61. The summed E-state index contributed by atoms with van der Waals surface area (Å²) in [7, 11) is -1.04. The molecule has 0 saturated carbocycles. The molecule has 0 spiro atoms. The number of nitrogens with one attached hydrogen (secondary N) is 1. The minimum Gasteiger partial charge on any atom is -0.479 e. The SMILES string of the molecule is CC(=O)NC(C)(SS[C@@H]1C[C@H](S(C)(=O)=O)N(COCc2ccccc2)C1)C(=O)O. The van der Waals surface area contributed by atoms with E-state index in [4.69, 9.17) is 4.74 Å². The molecular formula is C18H26N2O6S3. The Morgan fingerprint density at radius 3 is 2.55 bits per heavy atom. The molecule has 1 aliphatic rings. The van der Waals surface area contributed by atoms with E-state index in [1.54, 1.807) is 4.90 Å². The van der Waals surface area contributed by atoms with Crippen LogP contribution < -0.4 is 5.32 Å². The molecule has 1 heterocycles. The maximum Gasteiger partial charge on any atom is 0.340 e. The van der Waals surface area contributed by atoms with Crippen LogP contribution >= 0.6 is 21.6 Å². The van der Waals surface area contributed by atoms with Crippen LogP contribution in [0.4, 0.5) is 0 Å². The van der Waals surface area contributed by atoms with Crippen LogP contribution in [0.25, 0.3) is 0 Å². The lowest BCUT2D eigenvalue weighted by atomic mass is 10.2. The molecule has 3 atom stereocenters. The van der Waals surface area contributed by atoms with Crippen molar-refractivity contribution in [3.8, 4) is 0 Å². The van der Waals surface area contributed by atoms with Crippen LogP contribution in [0, 0.1) is 0 Å². The highest BCUT2D eigenvalue weighted by atomic mass is 33.1. The zero-order valence-electron chi connectivity index (χ0n) is 16.5. The van der Waals surface area contributed by atoms with E-state index in [9.17, 15) is 23.1 Å². The first-order chi connectivity index (χ1) is 13.5. The van der Waals surface area contributed by atoms with Gasteiger partial charge >= 0.3 is 5.97 Å². The predicted molar refractivity (Wildman–Crippen MR) is 115 cm³/mol. The Bertz CT molecular complexity index is 820. The van der Waals surface area contributed by atoms with Crippen LogP contribution in [-0.4, -0.2) is 65.3 Å². The number of nitrogens with zero attached hydrogens (tertiary/aromatic N) is 1. The molecule has 0 bridgehead atoms. The molecule has 1 unspecified atom stereocenters. The molecule has 2 rings (SSSR count). The third-order valence-electron chi connectivity index (χ3n) is 4.35. The van der Waals surface area contributed by atoms with Gasteiger partial charge in [-0.25, -0.2) is 13.2 Å². The molecule has 1 aromatic rings. The second-order valence-corrected chi connectivity index (χ2v) is 12.2. The van der Waals surface area contributed by atoms with Gasteiger partial charge in [-0.3, -0.25) is 9.69 Å². The maximum atomic E-state index is 12.2. The van der Waals surface area contributed by atoms with Gasteiger partial charge in [-0.05, 0) is 18.9 Å². The Hall–Kier alpha value is -1.27. The number of rotatable bonds is 10. The molecule has 0 aliphatic carbocycles. The standard InChI is InChI=1S/C18H26N2O6S3/c1-13(21)19-18(2,17(22)23)28-27-15-9-16(29(3,24)25)20(10-15)12-26-11-14-7-5-4-6-8-14/h4-8,15-16H,9-12H2,1-3H3,(H,19,21)(H,22,23)/t15-,16+,18?/m1/s1. The summed E-state index contributed by atoms with van der Waals surface area (Å²) in [5.41, 5.74) is 0.997. The van der Waals surface area contributed by atoms with Crippen molar-refractivity contribution in [3.63, 3.8) is 0 Å². The Morgan fingerprint density at radius 1 is 1.34 bits per heavy atom. The fourth-order valence-electron chi connectivity index (χ4n) is 2.94. The highest BCUT2D eigenvalue weighted by Gasteiger charge is 2.42. The van der Waals surface area contributed by atoms with Gasteiger partial charge in [0, 0.05) is 25.0 Å². The fraction of sp³-hybridized carbons (Fsp3) is 0.556. The van der Waals surface area contributed by atoms with E-state index < -0.39 is 32.0 Å². The summed E-state index contributed by atoms with van der Waals surface area (Å²) in [6.07, 6.45) is 1.56. The van der Waals surface area contributed by atoms with Gasteiger partial charge in [0.25, 0.3) is 0 Å². The Balaban J connectivity index is 1.97. The molecular weight excluding hydrogens is 436 g/mol. The van der Waals surface area contributed by atoms with Crippen LogP contribution in [0.3, 0.4) is 0 Å². The van der Waals surface area contributed by atoms with Crippen molar-refractivity contribution in [1.82, 2.24) is 10.2 Å². The van der Waals surface area contributed by atoms with Crippen molar-refractivity contribution in [2.45, 2.75) is 42.4 Å². The molecule has 2 N–H and O–H groups in total. The lowest BCUT2D eigenvalue weighted by Gasteiger charge is -2.25. The number of hydrogen-bond acceptors (Lipinski definition) is 8. The van der Waals surface area contributed by atoms with Crippen molar-refractivity contribution < 1.29 is 27.9 Å². The molecule has 1 fully saturated rings. The smallest absolute Gasteiger partial charge is 0.340 e. The fourth-order valence-corrected chi connectivity index (χ4v) is 7.18. The molecule has 11 heteroatoms. The van der Waals surface area contributed by atoms with E-state index >= 15 is 0 Å². The van der Waals surface area contributed by atoms with Crippen molar-refractivity contribution in [2.24, 2.45) is 0 Å². The first-order valence-electron chi connectivity index (χ1n) is 8.92. The van der Waals surface area contributed by atoms with E-state index in [-0.39, 0.29) is 12.0 Å². The minimum absolute atomic E-state index is 0.118. The van der Waals surface area contributed by atoms with Gasteiger partial charge in [0.1, 0.15) is 12.1 Å². The second-order valence-electron chi connectivity index (χ2n) is 7.08. The molecule has 1 aromatic carbocycles. The number of ether oxygens (including phenoxy) is 1. The van der Waals surface area contributed by atoms with Gasteiger partial charge in [-0.1, -0.05) is 51.9 Å². The first-order valence-corrected chi connectivity index (χ1v) is 13.1. The normalized spacial score (nSPS) is 22.2. The van der Waals surface area contributed by atoms with Crippen molar-refractivity contribution in [1.29, 1.82) is 0 Å². The van der Waals surface area contributed by atoms with Crippen LogP contribution in [0.15, 0.2) is 30.3 Å². The van der Waals surface area contributed by atoms with Gasteiger partial charge in [0.05, 0.1) is 6.61 Å². The molecule has 1 aliphatic heterocycles. The van der Waals surface area contributed by atoms with Crippen molar-refractivity contribution in [2.75, 3.05) is 19.5 Å². The molecule has 1 amide bonds. The number of carbonyl (C=O) groups excluding carboxylic acids is 1. The highest BCUT2D eigenvalue weighted by Crippen LogP contribution is 2.42. The van der Waals surface area contributed by atoms with Gasteiger partial charge in [0.15, 0.2) is 14.7 Å². The number of likely N-dealkylation sites (tertiary alicyclic amines) is 1. The molecule has 0 aromatic heterocycles. The molecule has 0 radical (unpaired) electrons. The van der Waals surface area contributed by atoms with Crippen LogP contribution in [0.5, 0.6) is 0 Å². The third-order valence-corrected chi connectivity index (χ3v) is 9.25. The van der Waals surface area contributed by atoms with Crippen molar-refractivity contribution >= 4 is 43.3 Å². The predicted octanol–water partition coefficient (Wildman–Crippen LogP) is 1.92. The Kier molecular flexibility index (Phi) is 8.41. The van der Waals surface area contributed by atoms with E-state index in [2.05, 4.69) is 5.32 Å². The van der Waals surface area contributed by atoms with Gasteiger partial charge in [-0.2, -0.15) is 0 Å². The summed E-state index contributed by atoms with van der Waals surface area (Å²) in [4.78, 5) is 23.1. The highest BCUT2D eigenvalue weighted by molar-refractivity contribution is 8.77. The van der Waals surface area contributed by atoms with E-state index in [1.807, 2.05) is 30.3 Å². The number of sulfone groups is 1. The van der Waals surface area contributed by atoms with Gasteiger partial charge < -0.3 is 15.2 Å². The molecule has 162 valence electrons. The number of amides is 1. The van der Waals surface area contributed by atoms with Crippen LogP contribution in [-0.2, 0) is 30.8 Å². The summed E-state index contributed by atoms with van der Waals surface area (Å²) < 4.78 is 30.1. The second kappa shape index (κ2) is 10.2. The van der Waals surface area contributed by atoms with Gasteiger partial charge in [-0.15, -0.1) is 0 Å². The quantitative estimate of drug-likeness (QED) is 0.398. The third kappa shape index (κ3) is 7.18. The zero-order chi connectivity index (χ0) is 21.7. The molecule has 29 heavy (non-hydrogen) atoms. The van der Waals surface area contributed by atoms with E-state index in [0.29, 0.717) is 19.6 Å². The average molecular weight is 463 g/mol. The van der Waals surface area contributed by atoms with Crippen LogP contribution in [0.2, 0.25) is 0 Å². The number of aliphatic carboxylic acids is 1. The Morgan fingerprint density at radius 2 is 2.00 bits per heavy atom. The van der Waals surface area contributed by atoms with E-state index in [1.165, 1.54) is 30.9 Å². The van der Waals surface area contributed by atoms with Gasteiger partial charge in [0.2, 0.25) is 5.91 Å². The first kappa shape index (κ1) is 24.0. The van der Waals surface area contributed by atoms with Crippen molar-refractivity contribution in [3.05, 3.63) is 35.9 Å². The largest absolute Gasteiger partial charge is 0.479 e. The summed E-state index contributed by atoms with van der Waals surface area (Å²) in [6, 6.07) is 9.59. The zero-order valence-corrected chi connectivity index (χ0v) is 19.0. The van der Waals surface area contributed by atoms with E-state index in [0.717, 1.165) is 16.4 Å². The average Bonchev–Trinajstić information content (AvgIpc) is 3.04. The number of benzene rings is 1. The lowest BCUT2D eigenvalue weighted by Crippen LogP contribution is -2.48. The minimum atomic E-state index is -3.33. The van der Waals surface area contributed by atoms with Crippen LogP contribution in [0.1, 0.15) is 25.8 Å². The molecule has 8 nitrogen and oxygen atoms in total. The summed E-state index contributed by atoms with van der Waals surface area (Å²) in [5, 5.41) is 11.1.